The van der Waals surface area contributed by atoms with E-state index in [-0.39, 0.29) is 0 Å². The molecule has 0 heterocycles. The molecule has 0 radical (unpaired) electrons. The van der Waals surface area contributed by atoms with Crippen LogP contribution >= 0.6 is 0 Å². The molecule has 0 aliphatic heterocycles. The molecule has 224 valence electrons. The van der Waals surface area contributed by atoms with Crippen LogP contribution < -0.4 is 5.32 Å². The molecule has 0 aromatic heterocycles. The van der Waals surface area contributed by atoms with Crippen molar-refractivity contribution in [2.75, 3.05) is 32.7 Å². The van der Waals surface area contributed by atoms with Gasteiger partial charge in [-0.15, -0.1) is 0 Å². The lowest BCUT2D eigenvalue weighted by atomic mass is 10.1. The Morgan fingerprint density at radius 2 is 0.595 bits per heavy atom. The fourth-order valence-electron chi connectivity index (χ4n) is 5.65. The van der Waals surface area contributed by atoms with Crippen molar-refractivity contribution < 1.29 is 5.32 Å². The third-order valence-electron chi connectivity index (χ3n) is 8.32. The van der Waals surface area contributed by atoms with E-state index in [9.17, 15) is 0 Å². The number of unbranched alkanes of at least 4 members (excludes halogenated alkanes) is 24. The number of nitrogens with two attached hydrogens (primary N) is 1. The minimum atomic E-state index is 1.31. The van der Waals surface area contributed by atoms with Crippen molar-refractivity contribution in [2.45, 2.75) is 194 Å². The van der Waals surface area contributed by atoms with Gasteiger partial charge in [-0.3, -0.25) is 4.90 Å². The lowest BCUT2D eigenvalue weighted by molar-refractivity contribution is -0.654. The van der Waals surface area contributed by atoms with E-state index in [0.29, 0.717) is 0 Å². The van der Waals surface area contributed by atoms with Crippen LogP contribution in [0.4, 0.5) is 0 Å². The lowest BCUT2D eigenvalue weighted by Gasteiger charge is -2.21. The normalized spacial score (nSPS) is 11.7. The van der Waals surface area contributed by atoms with E-state index in [1.165, 1.54) is 206 Å². The first-order chi connectivity index (χ1) is 18.3. The molecule has 0 aliphatic carbocycles. The molecule has 37 heavy (non-hydrogen) atoms. The van der Waals surface area contributed by atoms with Crippen LogP contribution in [0, 0.1) is 0 Å². The zero-order chi connectivity index (χ0) is 26.9. The third-order valence-corrected chi connectivity index (χ3v) is 8.32. The van der Waals surface area contributed by atoms with Gasteiger partial charge in [0, 0.05) is 6.54 Å². The quantitative estimate of drug-likeness (QED) is 0.0848. The fourth-order valence-corrected chi connectivity index (χ4v) is 5.65. The van der Waals surface area contributed by atoms with Crippen molar-refractivity contribution in [1.29, 1.82) is 0 Å². The average molecular weight is 524 g/mol. The van der Waals surface area contributed by atoms with Gasteiger partial charge in [-0.05, 0) is 38.8 Å². The highest BCUT2D eigenvalue weighted by Crippen LogP contribution is 2.12. The van der Waals surface area contributed by atoms with Gasteiger partial charge in [0.05, 0.1) is 13.1 Å². The second kappa shape index (κ2) is 33.9. The van der Waals surface area contributed by atoms with Crippen LogP contribution in [0.25, 0.3) is 0 Å². The molecule has 0 rings (SSSR count). The SMILES string of the molecule is CCCCCCCCCCCCC[NH2+]CCN(CCCCCCCCCC)CCCCCCCCCC. The van der Waals surface area contributed by atoms with Gasteiger partial charge in [-0.2, -0.15) is 0 Å². The van der Waals surface area contributed by atoms with Crippen molar-refractivity contribution >= 4 is 0 Å². The van der Waals surface area contributed by atoms with Crippen molar-refractivity contribution in [3.8, 4) is 0 Å². The van der Waals surface area contributed by atoms with Crippen LogP contribution in [0.1, 0.15) is 194 Å². The number of hydrogen-bond acceptors (Lipinski definition) is 1. The maximum Gasteiger partial charge on any atom is 0.0884 e. The summed E-state index contributed by atoms with van der Waals surface area (Å²) in [6, 6.07) is 0. The highest BCUT2D eigenvalue weighted by atomic mass is 15.1. The summed E-state index contributed by atoms with van der Waals surface area (Å²) in [6.45, 7) is 13.6. The molecular formula is C35H75N2+. The zero-order valence-electron chi connectivity index (χ0n) is 26.7. The molecule has 0 aromatic carbocycles. The number of nitrogens with zero attached hydrogens (tertiary/aromatic N) is 1. The molecule has 0 aromatic rings. The van der Waals surface area contributed by atoms with Gasteiger partial charge in [-0.25, -0.2) is 0 Å². The maximum atomic E-state index is 2.81. The van der Waals surface area contributed by atoms with Gasteiger partial charge < -0.3 is 5.32 Å². The second-order valence-corrected chi connectivity index (χ2v) is 12.2. The third kappa shape index (κ3) is 32.0. The summed E-state index contributed by atoms with van der Waals surface area (Å²) in [6.07, 6.45) is 39.0. The Bertz CT molecular complexity index is 363. The summed E-state index contributed by atoms with van der Waals surface area (Å²) in [5.41, 5.74) is 0. The summed E-state index contributed by atoms with van der Waals surface area (Å²) >= 11 is 0. The standard InChI is InChI=1S/C35H74N2/c1-4-7-10-13-16-19-20-21-22-25-28-31-36-32-35-37(33-29-26-23-17-14-11-8-5-2)34-30-27-24-18-15-12-9-6-3/h36H,4-35H2,1-3H3/p+1. The van der Waals surface area contributed by atoms with Crippen LogP contribution in [-0.4, -0.2) is 37.6 Å². The van der Waals surface area contributed by atoms with Crippen LogP contribution in [0.2, 0.25) is 0 Å². The Balaban J connectivity index is 3.78. The molecular weight excluding hydrogens is 448 g/mol. The van der Waals surface area contributed by atoms with Gasteiger partial charge >= 0.3 is 0 Å². The number of rotatable bonds is 33. The Labute approximate surface area is 236 Å². The average Bonchev–Trinajstić information content (AvgIpc) is 2.91. The molecule has 2 nitrogen and oxygen atoms in total. The summed E-state index contributed by atoms with van der Waals surface area (Å²) in [4.78, 5) is 2.81. The van der Waals surface area contributed by atoms with Gasteiger partial charge in [0.25, 0.3) is 0 Å². The van der Waals surface area contributed by atoms with Crippen molar-refractivity contribution in [2.24, 2.45) is 0 Å². The minimum Gasteiger partial charge on any atom is -0.345 e. The van der Waals surface area contributed by atoms with Crippen LogP contribution in [0.15, 0.2) is 0 Å². The Morgan fingerprint density at radius 1 is 0.297 bits per heavy atom. The first kappa shape index (κ1) is 36.9. The Kier molecular flexibility index (Phi) is 33.9. The first-order valence-electron chi connectivity index (χ1n) is 17.9. The molecule has 0 amide bonds. The summed E-state index contributed by atoms with van der Waals surface area (Å²) in [7, 11) is 0. The Morgan fingerprint density at radius 3 is 0.946 bits per heavy atom. The Hall–Kier alpha value is -0.0800. The van der Waals surface area contributed by atoms with Gasteiger partial charge in [-0.1, -0.05) is 168 Å². The van der Waals surface area contributed by atoms with Crippen LogP contribution in [-0.2, 0) is 0 Å². The van der Waals surface area contributed by atoms with E-state index in [2.05, 4.69) is 31.0 Å². The number of quaternary nitrogens is 1. The van der Waals surface area contributed by atoms with Crippen LogP contribution in [0.5, 0.6) is 0 Å². The van der Waals surface area contributed by atoms with Crippen molar-refractivity contribution in [1.82, 2.24) is 4.90 Å². The molecule has 0 fully saturated rings. The van der Waals surface area contributed by atoms with E-state index in [1.807, 2.05) is 0 Å². The molecule has 2 heteroatoms. The summed E-state index contributed by atoms with van der Waals surface area (Å²) in [5, 5.41) is 2.61. The molecule has 0 atom stereocenters. The predicted molar refractivity (Wildman–Crippen MR) is 170 cm³/mol. The minimum absolute atomic E-state index is 1.31. The van der Waals surface area contributed by atoms with Crippen molar-refractivity contribution in [3.63, 3.8) is 0 Å². The number of hydrogen-bond donors (Lipinski definition) is 1. The first-order valence-corrected chi connectivity index (χ1v) is 17.9. The molecule has 0 saturated heterocycles. The van der Waals surface area contributed by atoms with Gasteiger partial charge in [0.15, 0.2) is 0 Å². The highest BCUT2D eigenvalue weighted by molar-refractivity contribution is 4.59. The second-order valence-electron chi connectivity index (χ2n) is 12.2. The maximum absolute atomic E-state index is 2.81. The molecule has 0 bridgehead atoms. The van der Waals surface area contributed by atoms with E-state index < -0.39 is 0 Å². The van der Waals surface area contributed by atoms with Crippen molar-refractivity contribution in [3.05, 3.63) is 0 Å². The van der Waals surface area contributed by atoms with Gasteiger partial charge in [0.1, 0.15) is 0 Å². The predicted octanol–water partition coefficient (Wildman–Crippen LogP) is 10.4. The molecule has 2 N–H and O–H groups in total. The molecule has 0 unspecified atom stereocenters. The topological polar surface area (TPSA) is 19.9 Å². The summed E-state index contributed by atoms with van der Waals surface area (Å²) < 4.78 is 0. The van der Waals surface area contributed by atoms with Gasteiger partial charge in [0.2, 0.25) is 0 Å². The van der Waals surface area contributed by atoms with E-state index in [4.69, 9.17) is 0 Å². The van der Waals surface area contributed by atoms with E-state index in [0.717, 1.165) is 0 Å². The molecule has 0 spiro atoms. The van der Waals surface area contributed by atoms with E-state index >= 15 is 0 Å². The largest absolute Gasteiger partial charge is 0.345 e. The molecule has 0 aliphatic rings. The monoisotopic (exact) mass is 524 g/mol. The van der Waals surface area contributed by atoms with E-state index in [1.54, 1.807) is 0 Å². The van der Waals surface area contributed by atoms with Crippen LogP contribution in [0.3, 0.4) is 0 Å². The lowest BCUT2D eigenvalue weighted by Crippen LogP contribution is -2.85. The molecule has 0 saturated carbocycles. The highest BCUT2D eigenvalue weighted by Gasteiger charge is 2.06. The zero-order valence-corrected chi connectivity index (χ0v) is 26.7. The fraction of sp³-hybridized carbons (Fsp3) is 1.00. The smallest absolute Gasteiger partial charge is 0.0884 e. The summed E-state index contributed by atoms with van der Waals surface area (Å²) in [5.74, 6) is 0.